The molecule has 0 bridgehead atoms. The van der Waals surface area contributed by atoms with Crippen LogP contribution in [0.4, 0.5) is 4.39 Å². The highest BCUT2D eigenvalue weighted by atomic mass is 19.1. The molecule has 8 heteroatoms. The molecule has 0 aliphatic carbocycles. The second-order valence-corrected chi connectivity index (χ2v) is 11.4. The number of hydrogen-bond donors (Lipinski definition) is 1. The number of H-pyrrole nitrogens is 1. The first-order valence-electron chi connectivity index (χ1n) is 13.9. The molecule has 2 atom stereocenters. The lowest BCUT2D eigenvalue weighted by molar-refractivity contribution is -0.138. The van der Waals surface area contributed by atoms with E-state index in [1.54, 1.807) is 38.2 Å². The smallest absolute Gasteiger partial charge is 0.245 e. The highest BCUT2D eigenvalue weighted by molar-refractivity contribution is 5.92. The SMILES string of the molecule is CCC(C)C(=O)N1CCC2(CC1)CN(Cc1ccccc1F)C(C(=O)N(C)C)c1[nH]c3cc(OC)ccc3c12. The van der Waals surface area contributed by atoms with Crippen molar-refractivity contribution in [3.63, 3.8) is 0 Å². The molecule has 1 spiro atoms. The first-order chi connectivity index (χ1) is 18.7. The molecule has 7 nitrogen and oxygen atoms in total. The number of ether oxygens (including phenoxy) is 1. The molecule has 2 amide bonds. The molecule has 2 unspecified atom stereocenters. The summed E-state index contributed by atoms with van der Waals surface area (Å²) in [5.74, 6) is 0.619. The summed E-state index contributed by atoms with van der Waals surface area (Å²) in [5, 5.41) is 1.08. The van der Waals surface area contributed by atoms with Gasteiger partial charge in [-0.15, -0.1) is 0 Å². The van der Waals surface area contributed by atoms with Gasteiger partial charge in [-0.25, -0.2) is 4.39 Å². The van der Waals surface area contributed by atoms with Crippen LogP contribution in [0.3, 0.4) is 0 Å². The number of rotatable bonds is 6. The molecule has 5 rings (SSSR count). The lowest BCUT2D eigenvalue weighted by Crippen LogP contribution is -2.56. The maximum atomic E-state index is 14.9. The van der Waals surface area contributed by atoms with Crippen LogP contribution >= 0.6 is 0 Å². The fraction of sp³-hybridized carbons (Fsp3) is 0.484. The summed E-state index contributed by atoms with van der Waals surface area (Å²) in [7, 11) is 5.17. The van der Waals surface area contributed by atoms with Gasteiger partial charge in [0.1, 0.15) is 17.6 Å². The topological polar surface area (TPSA) is 68.9 Å². The van der Waals surface area contributed by atoms with Gasteiger partial charge >= 0.3 is 0 Å². The number of methoxy groups -OCH3 is 1. The van der Waals surface area contributed by atoms with Gasteiger partial charge in [-0.2, -0.15) is 0 Å². The zero-order chi connectivity index (χ0) is 27.9. The highest BCUT2D eigenvalue weighted by Gasteiger charge is 2.50. The van der Waals surface area contributed by atoms with Crippen molar-refractivity contribution in [3.05, 3.63) is 65.1 Å². The van der Waals surface area contributed by atoms with E-state index >= 15 is 0 Å². The van der Waals surface area contributed by atoms with Gasteiger partial charge in [0.2, 0.25) is 11.8 Å². The number of amides is 2. The summed E-state index contributed by atoms with van der Waals surface area (Å²) in [6, 6.07) is 12.2. The second-order valence-electron chi connectivity index (χ2n) is 11.4. The van der Waals surface area contributed by atoms with Crippen molar-refractivity contribution in [2.45, 2.75) is 51.1 Å². The van der Waals surface area contributed by atoms with Gasteiger partial charge in [-0.05, 0) is 43.0 Å². The van der Waals surface area contributed by atoms with Gasteiger partial charge in [-0.3, -0.25) is 14.5 Å². The molecule has 39 heavy (non-hydrogen) atoms. The van der Waals surface area contributed by atoms with Crippen LogP contribution in [0.15, 0.2) is 42.5 Å². The Labute approximate surface area is 229 Å². The Kier molecular flexibility index (Phi) is 7.42. The highest BCUT2D eigenvalue weighted by Crippen LogP contribution is 2.50. The van der Waals surface area contributed by atoms with Crippen molar-refractivity contribution in [3.8, 4) is 5.75 Å². The summed E-state index contributed by atoms with van der Waals surface area (Å²) >= 11 is 0. The number of likely N-dealkylation sites (N-methyl/N-ethyl adjacent to an activating group) is 1. The Hall–Kier alpha value is -3.39. The number of piperidine rings is 1. The fourth-order valence-electron chi connectivity index (χ4n) is 6.41. The van der Waals surface area contributed by atoms with Crippen molar-refractivity contribution >= 4 is 22.7 Å². The molecule has 2 aliphatic heterocycles. The third-order valence-electron chi connectivity index (χ3n) is 8.78. The first-order valence-corrected chi connectivity index (χ1v) is 13.9. The van der Waals surface area contributed by atoms with Gasteiger partial charge in [0.25, 0.3) is 0 Å². The van der Waals surface area contributed by atoms with E-state index in [-0.39, 0.29) is 29.0 Å². The second kappa shape index (κ2) is 10.6. The van der Waals surface area contributed by atoms with Crippen molar-refractivity contribution < 1.29 is 18.7 Å². The number of nitrogens with one attached hydrogen (secondary N) is 1. The summed E-state index contributed by atoms with van der Waals surface area (Å²) in [4.78, 5) is 36.1. The summed E-state index contributed by atoms with van der Waals surface area (Å²) in [5.41, 5.74) is 3.21. The minimum atomic E-state index is -0.585. The average molecular weight is 535 g/mol. The zero-order valence-corrected chi connectivity index (χ0v) is 23.6. The molecule has 0 radical (unpaired) electrons. The maximum Gasteiger partial charge on any atom is 0.245 e. The summed E-state index contributed by atoms with van der Waals surface area (Å²) in [6.07, 6.45) is 2.37. The quantitative estimate of drug-likeness (QED) is 0.490. The van der Waals surface area contributed by atoms with Crippen LogP contribution in [0.1, 0.15) is 56.0 Å². The normalized spacial score (nSPS) is 19.6. The van der Waals surface area contributed by atoms with Crippen molar-refractivity contribution in [1.29, 1.82) is 0 Å². The molecule has 2 aliphatic rings. The number of hydrogen-bond acceptors (Lipinski definition) is 4. The third kappa shape index (κ3) is 4.80. The Morgan fingerprint density at radius 3 is 2.54 bits per heavy atom. The van der Waals surface area contributed by atoms with Gasteiger partial charge in [-0.1, -0.05) is 32.0 Å². The number of carbonyl (C=O) groups excluding carboxylic acids is 2. The number of halogens is 1. The lowest BCUT2D eigenvalue weighted by Gasteiger charge is -2.50. The molecule has 3 aromatic rings. The van der Waals surface area contributed by atoms with Crippen LogP contribution in [0.2, 0.25) is 0 Å². The van der Waals surface area contributed by atoms with E-state index in [9.17, 15) is 14.0 Å². The van der Waals surface area contributed by atoms with Crippen molar-refractivity contribution in [1.82, 2.24) is 19.7 Å². The first kappa shape index (κ1) is 27.2. The zero-order valence-electron chi connectivity index (χ0n) is 23.6. The van der Waals surface area contributed by atoms with Crippen molar-refractivity contribution in [2.75, 3.05) is 40.8 Å². The molecular formula is C31H39FN4O3. The van der Waals surface area contributed by atoms with E-state index in [4.69, 9.17) is 4.74 Å². The number of fused-ring (bicyclic) bond motifs is 4. The van der Waals surface area contributed by atoms with E-state index in [1.165, 1.54) is 6.07 Å². The van der Waals surface area contributed by atoms with Gasteiger partial charge in [0.15, 0.2) is 0 Å². The standard InChI is InChI=1S/C31H39FN4O3/c1-6-20(2)29(37)35-15-13-31(14-16-35)19-36(18-21-9-7-8-10-24(21)32)28(30(38)34(3)4)27-26(31)23-12-11-22(39-5)17-25(23)33-27/h7-12,17,20,28,33H,6,13-16,18-19H2,1-5H3. The number of carbonyl (C=O) groups is 2. The van der Waals surface area contributed by atoms with Crippen LogP contribution in [-0.4, -0.2) is 72.3 Å². The van der Waals surface area contributed by atoms with Gasteiger partial charge in [0, 0.05) is 79.8 Å². The molecule has 2 aromatic carbocycles. The molecule has 3 heterocycles. The molecule has 1 aromatic heterocycles. The van der Waals surface area contributed by atoms with E-state index in [0.29, 0.717) is 31.7 Å². The van der Waals surface area contributed by atoms with E-state index in [2.05, 4.69) is 16.0 Å². The molecule has 0 saturated carbocycles. The van der Waals surface area contributed by atoms with Crippen LogP contribution in [0.25, 0.3) is 10.9 Å². The minimum Gasteiger partial charge on any atom is -0.497 e. The predicted octanol–water partition coefficient (Wildman–Crippen LogP) is 4.87. The fourth-order valence-corrected chi connectivity index (χ4v) is 6.41. The molecule has 208 valence electrons. The molecular weight excluding hydrogens is 495 g/mol. The van der Waals surface area contributed by atoms with E-state index < -0.39 is 6.04 Å². The van der Waals surface area contributed by atoms with Crippen LogP contribution in [0.5, 0.6) is 5.75 Å². The summed E-state index contributed by atoms with van der Waals surface area (Å²) in [6.45, 7) is 6.27. The Morgan fingerprint density at radius 1 is 1.18 bits per heavy atom. The number of likely N-dealkylation sites (tertiary alicyclic amines) is 1. The molecule has 1 fully saturated rings. The minimum absolute atomic E-state index is 0.00108. The van der Waals surface area contributed by atoms with Crippen LogP contribution < -0.4 is 4.74 Å². The predicted molar refractivity (Wildman–Crippen MR) is 150 cm³/mol. The molecule has 1 saturated heterocycles. The van der Waals surface area contributed by atoms with E-state index in [1.807, 2.05) is 36.9 Å². The number of benzene rings is 2. The monoisotopic (exact) mass is 534 g/mol. The lowest BCUT2D eigenvalue weighted by atomic mass is 9.68. The van der Waals surface area contributed by atoms with Crippen LogP contribution in [0, 0.1) is 11.7 Å². The number of aromatic nitrogens is 1. The third-order valence-corrected chi connectivity index (χ3v) is 8.78. The largest absolute Gasteiger partial charge is 0.497 e. The molecule has 1 N–H and O–H groups in total. The Balaban J connectivity index is 1.64. The number of nitrogens with zero attached hydrogens (tertiary/aromatic N) is 3. The average Bonchev–Trinajstić information content (AvgIpc) is 3.33. The van der Waals surface area contributed by atoms with Crippen LogP contribution in [-0.2, 0) is 21.5 Å². The van der Waals surface area contributed by atoms with Crippen molar-refractivity contribution in [2.24, 2.45) is 5.92 Å². The van der Waals surface area contributed by atoms with Gasteiger partial charge in [0.05, 0.1) is 7.11 Å². The van der Waals surface area contributed by atoms with Gasteiger partial charge < -0.3 is 19.5 Å². The summed E-state index contributed by atoms with van der Waals surface area (Å²) < 4.78 is 20.4. The Bertz CT molecular complexity index is 1380. The number of aromatic amines is 1. The maximum absolute atomic E-state index is 14.9. The van der Waals surface area contributed by atoms with E-state index in [0.717, 1.165) is 47.2 Å². The Morgan fingerprint density at radius 2 is 1.90 bits per heavy atom.